The van der Waals surface area contributed by atoms with Crippen LogP contribution < -0.4 is 0 Å². The molecule has 1 rings (SSSR count). The first-order valence-corrected chi connectivity index (χ1v) is 5.92. The molecule has 0 aliphatic rings. The minimum atomic E-state index is -0.916. The number of carbonyl (C=O) groups is 2. The second-order valence-corrected chi connectivity index (χ2v) is 4.61. The fraction of sp³-hybridized carbons (Fsp3) is 0.538. The average molecular weight is 253 g/mol. The first kappa shape index (κ1) is 14.3. The molecule has 1 heterocycles. The van der Waals surface area contributed by atoms with Crippen LogP contribution in [0.1, 0.15) is 42.1 Å². The van der Waals surface area contributed by atoms with Gasteiger partial charge in [0.25, 0.3) is 5.91 Å². The summed E-state index contributed by atoms with van der Waals surface area (Å²) in [5.74, 6) is -0.193. The first-order chi connectivity index (χ1) is 8.32. The Morgan fingerprint density at radius 3 is 2.39 bits per heavy atom. The Morgan fingerprint density at radius 2 is 2.00 bits per heavy atom. The average Bonchev–Trinajstić information content (AvgIpc) is 2.56. The Hall–Kier alpha value is -1.78. The molecule has 0 fully saturated rings. The van der Waals surface area contributed by atoms with Crippen molar-refractivity contribution < 1.29 is 19.1 Å². The first-order valence-electron chi connectivity index (χ1n) is 5.92. The summed E-state index contributed by atoms with van der Waals surface area (Å²) in [6.07, 6.45) is -0.0668. The zero-order valence-corrected chi connectivity index (χ0v) is 11.2. The second-order valence-electron chi connectivity index (χ2n) is 4.61. The summed E-state index contributed by atoms with van der Waals surface area (Å²) in [7, 11) is 0. The summed E-state index contributed by atoms with van der Waals surface area (Å²) in [4.78, 5) is 24.4. The van der Waals surface area contributed by atoms with Crippen molar-refractivity contribution in [1.82, 2.24) is 4.90 Å². The molecule has 0 bridgehead atoms. The Balaban J connectivity index is 2.89. The highest BCUT2D eigenvalue weighted by atomic mass is 16.4. The van der Waals surface area contributed by atoms with E-state index in [9.17, 15) is 9.59 Å². The molecule has 0 atom stereocenters. The van der Waals surface area contributed by atoms with E-state index < -0.39 is 5.97 Å². The number of rotatable bonds is 5. The maximum absolute atomic E-state index is 12.3. The number of furan rings is 1. The Bertz CT molecular complexity index is 448. The third-order valence-electron chi connectivity index (χ3n) is 2.69. The molecule has 18 heavy (non-hydrogen) atoms. The van der Waals surface area contributed by atoms with Crippen LogP contribution >= 0.6 is 0 Å². The van der Waals surface area contributed by atoms with Crippen LogP contribution in [0.5, 0.6) is 0 Å². The summed E-state index contributed by atoms with van der Waals surface area (Å²) in [6.45, 7) is 7.47. The third kappa shape index (κ3) is 3.35. The molecule has 5 nitrogen and oxygen atoms in total. The highest BCUT2D eigenvalue weighted by molar-refractivity contribution is 5.93. The summed E-state index contributed by atoms with van der Waals surface area (Å²) in [6, 6.07) is 1.73. The molecule has 0 aliphatic heterocycles. The Morgan fingerprint density at radius 1 is 1.39 bits per heavy atom. The summed E-state index contributed by atoms with van der Waals surface area (Å²) >= 11 is 0. The highest BCUT2D eigenvalue weighted by Crippen LogP contribution is 2.17. The van der Waals surface area contributed by atoms with E-state index in [0.29, 0.717) is 11.5 Å². The van der Waals surface area contributed by atoms with Crippen LogP contribution in [0.3, 0.4) is 0 Å². The predicted molar refractivity (Wildman–Crippen MR) is 66.6 cm³/mol. The van der Waals surface area contributed by atoms with Crippen molar-refractivity contribution in [1.29, 1.82) is 0 Å². The monoisotopic (exact) mass is 253 g/mol. The van der Waals surface area contributed by atoms with E-state index in [0.717, 1.165) is 5.56 Å². The lowest BCUT2D eigenvalue weighted by Crippen LogP contribution is -2.38. The molecule has 0 radical (unpaired) electrons. The zero-order valence-electron chi connectivity index (χ0n) is 11.2. The van der Waals surface area contributed by atoms with Crippen molar-refractivity contribution in [2.24, 2.45) is 0 Å². The van der Waals surface area contributed by atoms with Gasteiger partial charge in [0.05, 0.1) is 6.42 Å². The van der Waals surface area contributed by atoms with Crippen LogP contribution in [0.2, 0.25) is 0 Å². The minimum absolute atomic E-state index is 0.0668. The Kier molecular flexibility index (Phi) is 4.53. The molecular weight excluding hydrogens is 234 g/mol. The van der Waals surface area contributed by atoms with Crippen molar-refractivity contribution in [2.75, 3.05) is 6.54 Å². The van der Waals surface area contributed by atoms with Crippen LogP contribution in [-0.4, -0.2) is 34.5 Å². The van der Waals surface area contributed by atoms with Crippen molar-refractivity contribution in [3.8, 4) is 0 Å². The molecule has 0 saturated heterocycles. The Labute approximate surface area is 106 Å². The topological polar surface area (TPSA) is 70.8 Å². The van der Waals surface area contributed by atoms with E-state index in [1.165, 1.54) is 4.90 Å². The lowest BCUT2D eigenvalue weighted by atomic mass is 10.2. The van der Waals surface area contributed by atoms with Gasteiger partial charge >= 0.3 is 5.97 Å². The molecule has 5 heteroatoms. The van der Waals surface area contributed by atoms with Gasteiger partial charge in [0.2, 0.25) is 0 Å². The fourth-order valence-electron chi connectivity index (χ4n) is 1.79. The van der Waals surface area contributed by atoms with E-state index in [1.807, 2.05) is 13.8 Å². The molecule has 1 aromatic rings. The number of aryl methyl sites for hydroxylation is 2. The number of nitrogens with zero attached hydrogens (tertiary/aromatic N) is 1. The lowest BCUT2D eigenvalue weighted by Gasteiger charge is -2.25. The smallest absolute Gasteiger partial charge is 0.305 e. The van der Waals surface area contributed by atoms with Crippen LogP contribution in [0.4, 0.5) is 0 Å². The van der Waals surface area contributed by atoms with Crippen molar-refractivity contribution >= 4 is 11.9 Å². The number of hydrogen-bond acceptors (Lipinski definition) is 3. The quantitative estimate of drug-likeness (QED) is 0.873. The number of hydrogen-bond donors (Lipinski definition) is 1. The van der Waals surface area contributed by atoms with E-state index in [-0.39, 0.29) is 24.9 Å². The molecule has 0 spiro atoms. The highest BCUT2D eigenvalue weighted by Gasteiger charge is 2.24. The van der Waals surface area contributed by atoms with Gasteiger partial charge in [-0.05, 0) is 33.8 Å². The van der Waals surface area contributed by atoms with E-state index in [4.69, 9.17) is 9.52 Å². The molecule has 0 unspecified atom stereocenters. The molecule has 0 aromatic carbocycles. The van der Waals surface area contributed by atoms with Gasteiger partial charge in [0.15, 0.2) is 5.76 Å². The van der Waals surface area contributed by atoms with Crippen LogP contribution in [0, 0.1) is 13.8 Å². The minimum Gasteiger partial charge on any atom is -0.481 e. The van der Waals surface area contributed by atoms with Crippen LogP contribution in [0.15, 0.2) is 10.5 Å². The molecular formula is C13H19NO4. The fourth-order valence-corrected chi connectivity index (χ4v) is 1.79. The summed E-state index contributed by atoms with van der Waals surface area (Å²) in [5, 5.41) is 8.69. The van der Waals surface area contributed by atoms with Crippen molar-refractivity contribution in [3.05, 3.63) is 23.2 Å². The third-order valence-corrected chi connectivity index (χ3v) is 2.69. The maximum Gasteiger partial charge on any atom is 0.305 e. The SMILES string of the molecule is Cc1cc(C)c(C(=O)N(CCC(=O)O)C(C)C)o1. The van der Waals surface area contributed by atoms with E-state index in [1.54, 1.807) is 19.9 Å². The van der Waals surface area contributed by atoms with Gasteiger partial charge in [-0.25, -0.2) is 0 Å². The standard InChI is InChI=1S/C13H19NO4/c1-8(2)14(6-5-11(15)16)13(17)12-9(3)7-10(4)18-12/h7-8H,5-6H2,1-4H3,(H,15,16). The van der Waals surface area contributed by atoms with Gasteiger partial charge in [0, 0.05) is 18.2 Å². The number of carboxylic acid groups (broad SMARTS) is 1. The van der Waals surface area contributed by atoms with Crippen LogP contribution in [0.25, 0.3) is 0 Å². The van der Waals surface area contributed by atoms with Gasteiger partial charge in [-0.1, -0.05) is 0 Å². The zero-order chi connectivity index (χ0) is 13.9. The number of aliphatic carboxylic acids is 1. The predicted octanol–water partition coefficient (Wildman–Crippen LogP) is 2.22. The molecule has 1 amide bonds. The molecule has 1 aromatic heterocycles. The van der Waals surface area contributed by atoms with Gasteiger partial charge in [-0.3, -0.25) is 9.59 Å². The molecule has 0 aliphatic carbocycles. The summed E-state index contributed by atoms with van der Waals surface area (Å²) < 4.78 is 5.38. The molecule has 100 valence electrons. The second kappa shape index (κ2) is 5.71. The van der Waals surface area contributed by atoms with Gasteiger partial charge in [-0.15, -0.1) is 0 Å². The normalized spacial score (nSPS) is 10.7. The number of amides is 1. The molecule has 1 N–H and O–H groups in total. The number of carboxylic acids is 1. The van der Waals surface area contributed by atoms with Gasteiger partial charge in [-0.2, -0.15) is 0 Å². The molecule has 0 saturated carbocycles. The summed E-state index contributed by atoms with van der Waals surface area (Å²) in [5.41, 5.74) is 0.776. The van der Waals surface area contributed by atoms with E-state index >= 15 is 0 Å². The van der Waals surface area contributed by atoms with Crippen molar-refractivity contribution in [3.63, 3.8) is 0 Å². The maximum atomic E-state index is 12.3. The van der Waals surface area contributed by atoms with E-state index in [2.05, 4.69) is 0 Å². The van der Waals surface area contributed by atoms with Crippen LogP contribution in [-0.2, 0) is 4.79 Å². The number of carbonyl (C=O) groups excluding carboxylic acids is 1. The van der Waals surface area contributed by atoms with Gasteiger partial charge < -0.3 is 14.4 Å². The largest absolute Gasteiger partial charge is 0.481 e. The van der Waals surface area contributed by atoms with Gasteiger partial charge in [0.1, 0.15) is 5.76 Å². The van der Waals surface area contributed by atoms with Crippen molar-refractivity contribution in [2.45, 2.75) is 40.2 Å². The lowest BCUT2D eigenvalue weighted by molar-refractivity contribution is -0.137.